The normalized spacial score (nSPS) is 20.4. The number of hydrogen-bond donors (Lipinski definition) is 2. The summed E-state index contributed by atoms with van der Waals surface area (Å²) in [7, 11) is 3.26. The third kappa shape index (κ3) is 4.91. The van der Waals surface area contributed by atoms with Crippen molar-refractivity contribution < 1.29 is 19.1 Å². The highest BCUT2D eigenvalue weighted by Crippen LogP contribution is 2.38. The molecule has 27 heavy (non-hydrogen) atoms. The maximum Gasteiger partial charge on any atom is 0.321 e. The Kier molecular flexibility index (Phi) is 6.55. The summed E-state index contributed by atoms with van der Waals surface area (Å²) in [6, 6.07) is 5.66. The average Bonchev–Trinajstić information content (AvgIpc) is 3.32. The van der Waals surface area contributed by atoms with E-state index < -0.39 is 0 Å². The van der Waals surface area contributed by atoms with Crippen molar-refractivity contribution in [3.63, 3.8) is 0 Å². The summed E-state index contributed by atoms with van der Waals surface area (Å²) in [5.41, 5.74) is 1.04. The SMILES string of the molecule is COc1ccc([C@H]2CCCN2CC(=O)NC(=O)NC2CCCC2)c(OC)c1. The topological polar surface area (TPSA) is 79.9 Å². The third-order valence-electron chi connectivity index (χ3n) is 5.45. The van der Waals surface area contributed by atoms with Crippen LogP contribution < -0.4 is 20.1 Å². The minimum Gasteiger partial charge on any atom is -0.497 e. The van der Waals surface area contributed by atoms with E-state index in [0.717, 1.165) is 62.1 Å². The Morgan fingerprint density at radius 1 is 1.11 bits per heavy atom. The molecule has 0 aromatic heterocycles. The molecule has 7 nitrogen and oxygen atoms in total. The molecule has 2 fully saturated rings. The molecule has 1 aromatic carbocycles. The number of amides is 3. The van der Waals surface area contributed by atoms with Crippen LogP contribution in [0.1, 0.15) is 50.1 Å². The summed E-state index contributed by atoms with van der Waals surface area (Å²) < 4.78 is 10.8. The molecule has 1 saturated carbocycles. The van der Waals surface area contributed by atoms with Gasteiger partial charge in [0.25, 0.3) is 0 Å². The zero-order chi connectivity index (χ0) is 19.2. The summed E-state index contributed by atoms with van der Waals surface area (Å²) >= 11 is 0. The fraction of sp³-hybridized carbons (Fsp3) is 0.600. The third-order valence-corrected chi connectivity index (χ3v) is 5.45. The van der Waals surface area contributed by atoms with Crippen LogP contribution in [0.25, 0.3) is 0 Å². The number of ether oxygens (including phenoxy) is 2. The highest BCUT2D eigenvalue weighted by atomic mass is 16.5. The number of imide groups is 1. The van der Waals surface area contributed by atoms with Crippen molar-refractivity contribution in [1.29, 1.82) is 0 Å². The molecule has 3 amide bonds. The van der Waals surface area contributed by atoms with E-state index >= 15 is 0 Å². The molecule has 2 N–H and O–H groups in total. The van der Waals surface area contributed by atoms with E-state index in [4.69, 9.17) is 9.47 Å². The Balaban J connectivity index is 1.59. The Labute approximate surface area is 160 Å². The molecule has 148 valence electrons. The van der Waals surface area contributed by atoms with Gasteiger partial charge in [0.15, 0.2) is 0 Å². The van der Waals surface area contributed by atoms with Gasteiger partial charge in [0.2, 0.25) is 5.91 Å². The molecular formula is C20H29N3O4. The van der Waals surface area contributed by atoms with E-state index in [-0.39, 0.29) is 30.6 Å². The van der Waals surface area contributed by atoms with Crippen LogP contribution in [0.2, 0.25) is 0 Å². The maximum absolute atomic E-state index is 12.4. The molecule has 1 saturated heterocycles. The predicted molar refractivity (Wildman–Crippen MR) is 102 cm³/mol. The lowest BCUT2D eigenvalue weighted by atomic mass is 10.0. The van der Waals surface area contributed by atoms with Crippen molar-refractivity contribution >= 4 is 11.9 Å². The molecule has 0 unspecified atom stereocenters. The molecule has 1 aliphatic heterocycles. The average molecular weight is 375 g/mol. The summed E-state index contributed by atoms with van der Waals surface area (Å²) in [5, 5.41) is 5.36. The minimum atomic E-state index is -0.385. The van der Waals surface area contributed by atoms with Gasteiger partial charge in [-0.1, -0.05) is 18.9 Å². The van der Waals surface area contributed by atoms with E-state index in [9.17, 15) is 9.59 Å². The number of nitrogens with zero attached hydrogens (tertiary/aromatic N) is 1. The van der Waals surface area contributed by atoms with Crippen LogP contribution in [0.4, 0.5) is 4.79 Å². The second kappa shape index (κ2) is 9.08. The maximum atomic E-state index is 12.4. The number of carbonyl (C=O) groups is 2. The van der Waals surface area contributed by atoms with E-state index in [1.54, 1.807) is 14.2 Å². The van der Waals surface area contributed by atoms with Gasteiger partial charge in [-0.2, -0.15) is 0 Å². The Morgan fingerprint density at radius 2 is 1.89 bits per heavy atom. The highest BCUT2D eigenvalue weighted by molar-refractivity contribution is 5.95. The standard InChI is InChI=1S/C20H29N3O4/c1-26-15-9-10-16(18(12-15)27-2)17-8-5-11-23(17)13-19(24)22-20(25)21-14-6-3-4-7-14/h9-10,12,14,17H,3-8,11,13H2,1-2H3,(H2,21,22,24,25)/t17-/m1/s1. The molecule has 7 heteroatoms. The second-order valence-corrected chi connectivity index (χ2v) is 7.24. The molecule has 1 aromatic rings. The smallest absolute Gasteiger partial charge is 0.321 e. The van der Waals surface area contributed by atoms with Crippen molar-refractivity contribution in [2.24, 2.45) is 0 Å². The first-order chi connectivity index (χ1) is 13.1. The van der Waals surface area contributed by atoms with Crippen LogP contribution in [0, 0.1) is 0 Å². The number of hydrogen-bond acceptors (Lipinski definition) is 5. The van der Waals surface area contributed by atoms with E-state index in [2.05, 4.69) is 15.5 Å². The molecular weight excluding hydrogens is 346 g/mol. The van der Waals surface area contributed by atoms with Crippen LogP contribution in [0.5, 0.6) is 11.5 Å². The molecule has 0 radical (unpaired) electrons. The Morgan fingerprint density at radius 3 is 2.59 bits per heavy atom. The van der Waals surface area contributed by atoms with Crippen molar-refractivity contribution in [1.82, 2.24) is 15.5 Å². The lowest BCUT2D eigenvalue weighted by Crippen LogP contribution is -2.47. The fourth-order valence-electron chi connectivity index (χ4n) is 4.10. The molecule has 1 aliphatic carbocycles. The number of benzene rings is 1. The fourth-order valence-corrected chi connectivity index (χ4v) is 4.10. The Bertz CT molecular complexity index is 673. The number of carbonyl (C=O) groups excluding carboxylic acids is 2. The van der Waals surface area contributed by atoms with Crippen LogP contribution in [0.15, 0.2) is 18.2 Å². The van der Waals surface area contributed by atoms with Crippen molar-refractivity contribution in [2.75, 3.05) is 27.3 Å². The van der Waals surface area contributed by atoms with E-state index in [1.165, 1.54) is 0 Å². The van der Waals surface area contributed by atoms with Crippen molar-refractivity contribution in [3.05, 3.63) is 23.8 Å². The van der Waals surface area contributed by atoms with Crippen LogP contribution >= 0.6 is 0 Å². The van der Waals surface area contributed by atoms with Gasteiger partial charge >= 0.3 is 6.03 Å². The van der Waals surface area contributed by atoms with Gasteiger partial charge in [-0.25, -0.2) is 4.79 Å². The molecule has 0 bridgehead atoms. The van der Waals surface area contributed by atoms with Gasteiger partial charge < -0.3 is 14.8 Å². The van der Waals surface area contributed by atoms with Crippen molar-refractivity contribution in [2.45, 2.75) is 50.6 Å². The first kappa shape index (κ1) is 19.5. The van der Waals surface area contributed by atoms with Gasteiger partial charge in [-0.15, -0.1) is 0 Å². The molecule has 1 heterocycles. The monoisotopic (exact) mass is 375 g/mol. The van der Waals surface area contributed by atoms with Gasteiger partial charge in [0, 0.05) is 23.7 Å². The first-order valence-electron chi connectivity index (χ1n) is 9.67. The number of urea groups is 1. The lowest BCUT2D eigenvalue weighted by molar-refractivity contribution is -0.121. The second-order valence-electron chi connectivity index (χ2n) is 7.24. The summed E-state index contributed by atoms with van der Waals surface area (Å²) in [4.78, 5) is 26.5. The van der Waals surface area contributed by atoms with E-state index in [0.29, 0.717) is 0 Å². The lowest BCUT2D eigenvalue weighted by Gasteiger charge is -2.25. The molecule has 1 atom stereocenters. The quantitative estimate of drug-likeness (QED) is 0.799. The predicted octanol–water partition coefficient (Wildman–Crippen LogP) is 2.61. The van der Waals surface area contributed by atoms with Crippen molar-refractivity contribution in [3.8, 4) is 11.5 Å². The van der Waals surface area contributed by atoms with Gasteiger partial charge in [-0.05, 0) is 38.3 Å². The number of rotatable bonds is 6. The molecule has 0 spiro atoms. The molecule has 2 aliphatic rings. The summed E-state index contributed by atoms with van der Waals surface area (Å²) in [5.74, 6) is 1.22. The highest BCUT2D eigenvalue weighted by Gasteiger charge is 2.30. The Hall–Kier alpha value is -2.28. The van der Waals surface area contributed by atoms with Crippen LogP contribution in [0.3, 0.4) is 0 Å². The summed E-state index contributed by atoms with van der Waals surface area (Å²) in [6.45, 7) is 1.01. The van der Waals surface area contributed by atoms with Crippen LogP contribution in [-0.2, 0) is 4.79 Å². The van der Waals surface area contributed by atoms with E-state index in [1.807, 2.05) is 18.2 Å². The zero-order valence-corrected chi connectivity index (χ0v) is 16.1. The number of likely N-dealkylation sites (tertiary alicyclic amines) is 1. The number of methoxy groups -OCH3 is 2. The van der Waals surface area contributed by atoms with Gasteiger partial charge in [0.1, 0.15) is 11.5 Å². The number of nitrogens with one attached hydrogen (secondary N) is 2. The van der Waals surface area contributed by atoms with Gasteiger partial charge in [0.05, 0.1) is 20.8 Å². The zero-order valence-electron chi connectivity index (χ0n) is 16.1. The van der Waals surface area contributed by atoms with Crippen LogP contribution in [-0.4, -0.2) is 50.2 Å². The summed E-state index contributed by atoms with van der Waals surface area (Å²) in [6.07, 6.45) is 6.21. The minimum absolute atomic E-state index is 0.0921. The van der Waals surface area contributed by atoms with Gasteiger partial charge in [-0.3, -0.25) is 15.0 Å². The largest absolute Gasteiger partial charge is 0.497 e. The molecule has 3 rings (SSSR count). The first-order valence-corrected chi connectivity index (χ1v) is 9.67.